The van der Waals surface area contributed by atoms with Crippen molar-refractivity contribution in [3.05, 3.63) is 29.8 Å². The Morgan fingerprint density at radius 2 is 2.22 bits per heavy atom. The van der Waals surface area contributed by atoms with Crippen molar-refractivity contribution in [2.75, 3.05) is 25.0 Å². The van der Waals surface area contributed by atoms with E-state index >= 15 is 0 Å². The summed E-state index contributed by atoms with van der Waals surface area (Å²) in [5, 5.41) is 3.46. The van der Waals surface area contributed by atoms with Crippen LogP contribution in [-0.4, -0.2) is 37.1 Å². The Hall–Kier alpha value is -1.55. The lowest BCUT2D eigenvalue weighted by molar-refractivity contribution is 0.209. The number of hydrogen-bond acceptors (Lipinski definition) is 2. The first-order valence-electron chi connectivity index (χ1n) is 6.59. The molecular weight excluding hydrogens is 226 g/mol. The van der Waals surface area contributed by atoms with Gasteiger partial charge in [-0.15, -0.1) is 0 Å². The van der Waals surface area contributed by atoms with E-state index in [0.29, 0.717) is 12.6 Å². The molecule has 2 aliphatic heterocycles. The monoisotopic (exact) mass is 245 g/mol. The lowest BCUT2D eigenvalue weighted by atomic mass is 10.1. The molecule has 96 valence electrons. The van der Waals surface area contributed by atoms with Crippen molar-refractivity contribution < 1.29 is 4.79 Å². The smallest absolute Gasteiger partial charge is 0.323 e. The number of fused-ring (bicyclic) bond motifs is 1. The van der Waals surface area contributed by atoms with E-state index in [9.17, 15) is 4.79 Å². The fraction of sp³-hybridized carbons (Fsp3) is 0.500. The Kier molecular flexibility index (Phi) is 2.96. The van der Waals surface area contributed by atoms with Gasteiger partial charge in [-0.1, -0.05) is 18.2 Å². The predicted octanol–water partition coefficient (Wildman–Crippen LogP) is 1.81. The van der Waals surface area contributed by atoms with E-state index in [1.165, 1.54) is 12.0 Å². The van der Waals surface area contributed by atoms with Crippen molar-refractivity contribution in [3.8, 4) is 0 Å². The highest BCUT2D eigenvalue weighted by atomic mass is 16.2. The fourth-order valence-corrected chi connectivity index (χ4v) is 2.85. The zero-order valence-electron chi connectivity index (χ0n) is 10.7. The average Bonchev–Trinajstić information content (AvgIpc) is 2.88. The molecule has 0 aliphatic carbocycles. The largest absolute Gasteiger partial charge is 0.324 e. The molecule has 0 spiro atoms. The van der Waals surface area contributed by atoms with E-state index in [2.05, 4.69) is 17.4 Å². The second kappa shape index (κ2) is 4.61. The second-order valence-corrected chi connectivity index (χ2v) is 5.17. The van der Waals surface area contributed by atoms with Crippen molar-refractivity contribution in [1.29, 1.82) is 0 Å². The van der Waals surface area contributed by atoms with Gasteiger partial charge < -0.3 is 10.2 Å². The number of benzene rings is 1. The van der Waals surface area contributed by atoms with Gasteiger partial charge in [-0.3, -0.25) is 4.90 Å². The summed E-state index contributed by atoms with van der Waals surface area (Å²) in [6, 6.07) is 8.75. The molecule has 1 aromatic carbocycles. The number of carbonyl (C=O) groups is 1. The summed E-state index contributed by atoms with van der Waals surface area (Å²) in [7, 11) is 1.87. The SMILES string of the molecule is CN1Cc2ccccc2N(C[C@H]2CCCN2)C1=O. The van der Waals surface area contributed by atoms with Crippen LogP contribution in [0.5, 0.6) is 0 Å². The van der Waals surface area contributed by atoms with Crippen LogP contribution >= 0.6 is 0 Å². The number of carbonyl (C=O) groups excluding carboxylic acids is 1. The third-order valence-corrected chi connectivity index (χ3v) is 3.81. The Bertz CT molecular complexity index is 454. The Labute approximate surface area is 108 Å². The van der Waals surface area contributed by atoms with Gasteiger partial charge >= 0.3 is 6.03 Å². The quantitative estimate of drug-likeness (QED) is 0.862. The highest BCUT2D eigenvalue weighted by Gasteiger charge is 2.30. The van der Waals surface area contributed by atoms with Crippen LogP contribution in [0.15, 0.2) is 24.3 Å². The molecule has 1 N–H and O–H groups in total. The van der Waals surface area contributed by atoms with Gasteiger partial charge in [0.05, 0.1) is 5.69 Å². The van der Waals surface area contributed by atoms with Crippen LogP contribution in [0.2, 0.25) is 0 Å². The second-order valence-electron chi connectivity index (χ2n) is 5.17. The average molecular weight is 245 g/mol. The molecule has 1 fully saturated rings. The van der Waals surface area contributed by atoms with Gasteiger partial charge in [0.15, 0.2) is 0 Å². The molecule has 0 radical (unpaired) electrons. The first-order chi connectivity index (χ1) is 8.75. The first-order valence-corrected chi connectivity index (χ1v) is 6.59. The highest BCUT2D eigenvalue weighted by Crippen LogP contribution is 2.28. The van der Waals surface area contributed by atoms with Crippen molar-refractivity contribution in [2.45, 2.75) is 25.4 Å². The van der Waals surface area contributed by atoms with Crippen molar-refractivity contribution in [3.63, 3.8) is 0 Å². The topological polar surface area (TPSA) is 35.6 Å². The molecule has 18 heavy (non-hydrogen) atoms. The standard InChI is InChI=1S/C14H19N3O/c1-16-9-11-5-2-3-7-13(11)17(14(16)18)10-12-6-4-8-15-12/h2-3,5,7,12,15H,4,6,8-10H2,1H3/t12-/m1/s1. The molecule has 0 unspecified atom stereocenters. The number of amides is 2. The van der Waals surface area contributed by atoms with E-state index in [-0.39, 0.29) is 6.03 Å². The number of urea groups is 1. The summed E-state index contributed by atoms with van der Waals surface area (Å²) < 4.78 is 0. The molecule has 0 bridgehead atoms. The summed E-state index contributed by atoms with van der Waals surface area (Å²) in [5.41, 5.74) is 2.31. The minimum atomic E-state index is 0.113. The van der Waals surface area contributed by atoms with Crippen molar-refractivity contribution >= 4 is 11.7 Å². The number of nitrogens with one attached hydrogen (secondary N) is 1. The molecule has 0 aromatic heterocycles. The van der Waals surface area contributed by atoms with Gasteiger partial charge in [0.1, 0.15) is 0 Å². The van der Waals surface area contributed by atoms with Crippen LogP contribution in [0.3, 0.4) is 0 Å². The molecule has 0 saturated carbocycles. The zero-order chi connectivity index (χ0) is 12.5. The normalized spacial score (nSPS) is 23.4. The maximum absolute atomic E-state index is 12.3. The number of nitrogens with zero attached hydrogens (tertiary/aromatic N) is 2. The molecule has 2 aliphatic rings. The molecule has 1 aromatic rings. The molecule has 1 atom stereocenters. The van der Waals surface area contributed by atoms with Crippen molar-refractivity contribution in [1.82, 2.24) is 10.2 Å². The molecular formula is C14H19N3O. The van der Waals surface area contributed by atoms with Crippen LogP contribution in [0.4, 0.5) is 10.5 Å². The lowest BCUT2D eigenvalue weighted by Gasteiger charge is -2.36. The molecule has 4 nitrogen and oxygen atoms in total. The van der Waals surface area contributed by atoms with E-state index in [1.807, 2.05) is 24.1 Å². The van der Waals surface area contributed by atoms with Crippen LogP contribution in [-0.2, 0) is 6.54 Å². The summed E-state index contributed by atoms with van der Waals surface area (Å²) in [6.07, 6.45) is 2.37. The summed E-state index contributed by atoms with van der Waals surface area (Å²) >= 11 is 0. The Morgan fingerprint density at radius 1 is 1.39 bits per heavy atom. The minimum Gasteiger partial charge on any atom is -0.323 e. The maximum Gasteiger partial charge on any atom is 0.324 e. The molecule has 1 saturated heterocycles. The van der Waals surface area contributed by atoms with Gasteiger partial charge in [0, 0.05) is 26.2 Å². The highest BCUT2D eigenvalue weighted by molar-refractivity contribution is 5.94. The minimum absolute atomic E-state index is 0.113. The van der Waals surface area contributed by atoms with E-state index < -0.39 is 0 Å². The summed E-state index contributed by atoms with van der Waals surface area (Å²) in [6.45, 7) is 2.56. The van der Waals surface area contributed by atoms with Gasteiger partial charge in [-0.2, -0.15) is 0 Å². The number of hydrogen-bond donors (Lipinski definition) is 1. The molecule has 2 heterocycles. The molecule has 2 amide bonds. The number of rotatable bonds is 2. The Balaban J connectivity index is 1.88. The van der Waals surface area contributed by atoms with E-state index in [1.54, 1.807) is 4.90 Å². The Morgan fingerprint density at radius 3 is 3.00 bits per heavy atom. The maximum atomic E-state index is 12.3. The number of anilines is 1. The molecule has 4 heteroatoms. The zero-order valence-corrected chi connectivity index (χ0v) is 10.7. The molecule has 3 rings (SSSR count). The van der Waals surface area contributed by atoms with Gasteiger partial charge in [-0.05, 0) is 31.0 Å². The third-order valence-electron chi connectivity index (χ3n) is 3.81. The van der Waals surface area contributed by atoms with E-state index in [0.717, 1.165) is 25.2 Å². The van der Waals surface area contributed by atoms with Crippen molar-refractivity contribution in [2.24, 2.45) is 0 Å². The predicted molar refractivity (Wildman–Crippen MR) is 71.7 cm³/mol. The van der Waals surface area contributed by atoms with Crippen LogP contribution in [0.25, 0.3) is 0 Å². The van der Waals surface area contributed by atoms with Gasteiger partial charge in [0.25, 0.3) is 0 Å². The summed E-state index contributed by atoms with van der Waals surface area (Å²) in [5.74, 6) is 0. The van der Waals surface area contributed by atoms with Gasteiger partial charge in [0.2, 0.25) is 0 Å². The lowest BCUT2D eigenvalue weighted by Crippen LogP contribution is -2.49. The first kappa shape index (κ1) is 11.5. The van der Waals surface area contributed by atoms with Crippen LogP contribution in [0, 0.1) is 0 Å². The van der Waals surface area contributed by atoms with Crippen LogP contribution < -0.4 is 10.2 Å². The third kappa shape index (κ3) is 1.97. The number of para-hydroxylation sites is 1. The van der Waals surface area contributed by atoms with Gasteiger partial charge in [-0.25, -0.2) is 4.79 Å². The van der Waals surface area contributed by atoms with Crippen LogP contribution in [0.1, 0.15) is 18.4 Å². The summed E-state index contributed by atoms with van der Waals surface area (Å²) in [4.78, 5) is 16.0. The van der Waals surface area contributed by atoms with E-state index in [4.69, 9.17) is 0 Å². The fourth-order valence-electron chi connectivity index (χ4n) is 2.85.